The molecule has 0 spiro atoms. The van der Waals surface area contributed by atoms with Gasteiger partial charge in [-0.15, -0.1) is 0 Å². The van der Waals surface area contributed by atoms with Crippen molar-refractivity contribution in [1.82, 2.24) is 10.2 Å². The van der Waals surface area contributed by atoms with Crippen LogP contribution in [0.15, 0.2) is 42.7 Å². The lowest BCUT2D eigenvalue weighted by Crippen LogP contribution is -2.29. The van der Waals surface area contributed by atoms with Gasteiger partial charge in [0.15, 0.2) is 0 Å². The van der Waals surface area contributed by atoms with E-state index in [1.807, 2.05) is 25.1 Å². The van der Waals surface area contributed by atoms with Crippen molar-refractivity contribution in [3.8, 4) is 0 Å². The molecule has 3 N–H and O–H groups in total. The highest BCUT2D eigenvalue weighted by Gasteiger charge is 2.08. The van der Waals surface area contributed by atoms with Gasteiger partial charge in [0.25, 0.3) is 0 Å². The maximum atomic E-state index is 8.67. The van der Waals surface area contributed by atoms with Crippen LogP contribution in [0.25, 0.3) is 0 Å². The molecular weight excluding hydrogens is 191 g/mol. The molecule has 0 unspecified atom stereocenters. The Balaban J connectivity index is 0.000000187. The molecule has 0 aliphatic rings. The van der Waals surface area contributed by atoms with Crippen molar-refractivity contribution in [2.24, 2.45) is 0 Å². The Hall–Kier alpha value is -1.59. The molecule has 1 aromatic carbocycles. The van der Waals surface area contributed by atoms with Crippen LogP contribution < -0.4 is 5.46 Å². The second-order valence-electron chi connectivity index (χ2n) is 3.05. The van der Waals surface area contributed by atoms with E-state index in [-0.39, 0.29) is 0 Å². The maximum Gasteiger partial charge on any atom is 0.488 e. The molecule has 1 aromatic heterocycles. The van der Waals surface area contributed by atoms with Crippen molar-refractivity contribution in [1.29, 1.82) is 0 Å². The van der Waals surface area contributed by atoms with Gasteiger partial charge in [-0.3, -0.25) is 5.10 Å². The molecule has 1 heterocycles. The molecule has 78 valence electrons. The topological polar surface area (TPSA) is 69.1 Å². The summed E-state index contributed by atoms with van der Waals surface area (Å²) in [7, 11) is -1.35. The van der Waals surface area contributed by atoms with Gasteiger partial charge in [-0.2, -0.15) is 5.10 Å². The fraction of sp³-hybridized carbons (Fsp3) is 0.100. The highest BCUT2D eigenvalue weighted by Crippen LogP contribution is 1.92. The van der Waals surface area contributed by atoms with Gasteiger partial charge in [0, 0.05) is 12.4 Å². The van der Waals surface area contributed by atoms with Gasteiger partial charge < -0.3 is 10.0 Å². The van der Waals surface area contributed by atoms with Crippen LogP contribution >= 0.6 is 0 Å². The number of nitrogens with zero attached hydrogens (tertiary/aromatic N) is 1. The summed E-state index contributed by atoms with van der Waals surface area (Å²) in [5, 5.41) is 23.5. The van der Waals surface area contributed by atoms with E-state index in [0.29, 0.717) is 5.46 Å². The van der Waals surface area contributed by atoms with E-state index in [0.717, 1.165) is 5.56 Å². The number of hydrogen-bond donors (Lipinski definition) is 3. The summed E-state index contributed by atoms with van der Waals surface area (Å²) in [5.74, 6) is 0. The van der Waals surface area contributed by atoms with E-state index in [9.17, 15) is 0 Å². The number of aryl methyl sites for hydroxylation is 1. The zero-order valence-corrected chi connectivity index (χ0v) is 8.46. The fourth-order valence-corrected chi connectivity index (χ4v) is 0.954. The van der Waals surface area contributed by atoms with Crippen molar-refractivity contribution < 1.29 is 10.0 Å². The summed E-state index contributed by atoms with van der Waals surface area (Å²) in [6.45, 7) is 1.95. The van der Waals surface area contributed by atoms with Crippen LogP contribution in [0.2, 0.25) is 0 Å². The number of benzene rings is 1. The highest BCUT2D eigenvalue weighted by molar-refractivity contribution is 6.58. The molecule has 5 heteroatoms. The third-order valence-electron chi connectivity index (χ3n) is 1.78. The molecule has 0 radical (unpaired) electrons. The van der Waals surface area contributed by atoms with Crippen molar-refractivity contribution in [2.45, 2.75) is 6.92 Å². The predicted molar refractivity (Wildman–Crippen MR) is 59.6 cm³/mol. The average molecular weight is 204 g/mol. The summed E-state index contributed by atoms with van der Waals surface area (Å²) in [5.41, 5.74) is 1.65. The number of H-pyrrole nitrogens is 1. The molecule has 0 aliphatic heterocycles. The lowest BCUT2D eigenvalue weighted by atomic mass is 9.80. The first-order valence-corrected chi connectivity index (χ1v) is 4.56. The van der Waals surface area contributed by atoms with Crippen molar-refractivity contribution in [3.05, 3.63) is 48.3 Å². The Morgan fingerprint density at radius 3 is 2.20 bits per heavy atom. The Labute approximate surface area is 88.7 Å². The number of rotatable bonds is 1. The summed E-state index contributed by atoms with van der Waals surface area (Å²) in [6.07, 6.45) is 3.46. The van der Waals surface area contributed by atoms with Crippen molar-refractivity contribution >= 4 is 12.6 Å². The SMILES string of the molecule is Cc1ccc(B(O)O)cc1.c1cn[nH]c1. The number of nitrogens with one attached hydrogen (secondary N) is 1. The third-order valence-corrected chi connectivity index (χ3v) is 1.78. The molecule has 4 nitrogen and oxygen atoms in total. The standard InChI is InChI=1S/C7H9BO2.C3H4N2/c1-6-2-4-7(5-3-6)8(9)10;1-2-4-5-3-1/h2-5,9-10H,1H3;1-3H,(H,4,5). The monoisotopic (exact) mass is 204 g/mol. The highest BCUT2D eigenvalue weighted by atomic mass is 16.4. The summed E-state index contributed by atoms with van der Waals surface area (Å²) >= 11 is 0. The first-order chi connectivity index (χ1) is 7.20. The molecule has 15 heavy (non-hydrogen) atoms. The molecule has 0 saturated carbocycles. The van der Waals surface area contributed by atoms with Gasteiger partial charge >= 0.3 is 7.12 Å². The van der Waals surface area contributed by atoms with E-state index < -0.39 is 7.12 Å². The summed E-state index contributed by atoms with van der Waals surface area (Å²) in [4.78, 5) is 0. The molecular formula is C10H13BN2O2. The van der Waals surface area contributed by atoms with Crippen molar-refractivity contribution in [3.63, 3.8) is 0 Å². The third kappa shape index (κ3) is 4.44. The number of aromatic nitrogens is 2. The molecule has 2 aromatic rings. The van der Waals surface area contributed by atoms with Gasteiger partial charge in [0.2, 0.25) is 0 Å². The van der Waals surface area contributed by atoms with Gasteiger partial charge in [0.1, 0.15) is 0 Å². The number of hydrogen-bond acceptors (Lipinski definition) is 3. The first kappa shape index (κ1) is 11.5. The largest absolute Gasteiger partial charge is 0.488 e. The van der Waals surface area contributed by atoms with E-state index in [1.165, 1.54) is 0 Å². The first-order valence-electron chi connectivity index (χ1n) is 4.56. The second-order valence-corrected chi connectivity index (χ2v) is 3.05. The average Bonchev–Trinajstić information content (AvgIpc) is 2.76. The molecule has 0 atom stereocenters. The zero-order valence-electron chi connectivity index (χ0n) is 8.46. The van der Waals surface area contributed by atoms with Crippen LogP contribution in [-0.4, -0.2) is 27.4 Å². The molecule has 0 amide bonds. The molecule has 0 aliphatic carbocycles. The van der Waals surface area contributed by atoms with Crippen molar-refractivity contribution in [2.75, 3.05) is 0 Å². The van der Waals surface area contributed by atoms with Gasteiger partial charge in [0.05, 0.1) is 0 Å². The van der Waals surface area contributed by atoms with E-state index >= 15 is 0 Å². The van der Waals surface area contributed by atoms with Gasteiger partial charge in [-0.25, -0.2) is 0 Å². The number of aromatic amines is 1. The second kappa shape index (κ2) is 6.00. The zero-order chi connectivity index (χ0) is 11.1. The Morgan fingerprint density at radius 2 is 1.87 bits per heavy atom. The lowest BCUT2D eigenvalue weighted by Gasteiger charge is -1.97. The Morgan fingerprint density at radius 1 is 1.20 bits per heavy atom. The van der Waals surface area contributed by atoms with Crippen LogP contribution in [0.4, 0.5) is 0 Å². The Bertz CT molecular complexity index is 342. The molecule has 0 saturated heterocycles. The minimum Gasteiger partial charge on any atom is -0.423 e. The van der Waals surface area contributed by atoms with Crippen LogP contribution in [-0.2, 0) is 0 Å². The normalized spacial score (nSPS) is 9.00. The van der Waals surface area contributed by atoms with Crippen LogP contribution in [0.5, 0.6) is 0 Å². The minimum atomic E-state index is -1.35. The molecule has 0 fully saturated rings. The molecule has 2 rings (SSSR count). The fourth-order valence-electron chi connectivity index (χ4n) is 0.954. The van der Waals surface area contributed by atoms with Crippen LogP contribution in [0.1, 0.15) is 5.56 Å². The maximum absolute atomic E-state index is 8.67. The minimum absolute atomic E-state index is 0.533. The molecule has 0 bridgehead atoms. The lowest BCUT2D eigenvalue weighted by molar-refractivity contribution is 0.426. The van der Waals surface area contributed by atoms with Gasteiger partial charge in [-0.05, 0) is 18.5 Å². The van der Waals surface area contributed by atoms with Gasteiger partial charge in [-0.1, -0.05) is 29.8 Å². The smallest absolute Gasteiger partial charge is 0.423 e. The quantitative estimate of drug-likeness (QED) is 0.576. The van der Waals surface area contributed by atoms with E-state index in [2.05, 4.69) is 10.2 Å². The van der Waals surface area contributed by atoms with Crippen LogP contribution in [0.3, 0.4) is 0 Å². The Kier molecular flexibility index (Phi) is 4.60. The predicted octanol–water partition coefficient (Wildman–Crippen LogP) is 0.0845. The summed E-state index contributed by atoms with van der Waals surface area (Å²) < 4.78 is 0. The van der Waals surface area contributed by atoms with E-state index in [4.69, 9.17) is 10.0 Å². The van der Waals surface area contributed by atoms with Crippen LogP contribution in [0, 0.1) is 6.92 Å². The summed E-state index contributed by atoms with van der Waals surface area (Å²) in [6, 6.07) is 8.91. The van der Waals surface area contributed by atoms with E-state index in [1.54, 1.807) is 24.5 Å².